The molecule has 0 saturated carbocycles. The largest absolute Gasteiger partial charge is 0.444 e. The summed E-state index contributed by atoms with van der Waals surface area (Å²) in [6.07, 6.45) is 2.66. The fourth-order valence-electron chi connectivity index (χ4n) is 6.76. The zero-order chi connectivity index (χ0) is 41.8. The molecule has 0 spiro atoms. The van der Waals surface area contributed by atoms with Gasteiger partial charge in [0.25, 0.3) is 11.8 Å². The number of carbonyl (C=O) groups excluding carboxylic acids is 5. The van der Waals surface area contributed by atoms with Crippen LogP contribution in [0, 0.1) is 0 Å². The van der Waals surface area contributed by atoms with Gasteiger partial charge >= 0.3 is 6.09 Å². The Morgan fingerprint density at radius 3 is 1.59 bits per heavy atom. The summed E-state index contributed by atoms with van der Waals surface area (Å²) in [5, 5.41) is 17.9. The number of H-pyrrole nitrogens is 2. The number of likely N-dealkylation sites (N-methyl/N-ethyl adjacent to an activating group) is 2. The molecule has 2 aliphatic rings. The Hall–Kier alpha value is -7.59. The molecule has 0 saturated heterocycles. The molecule has 300 valence electrons. The normalized spacial score (nSPS) is 12.8. The lowest BCUT2D eigenvalue weighted by Gasteiger charge is -2.24. The molecule has 59 heavy (non-hydrogen) atoms. The van der Waals surface area contributed by atoms with Gasteiger partial charge in [0.2, 0.25) is 11.8 Å². The zero-order valence-electron chi connectivity index (χ0n) is 32.9. The van der Waals surface area contributed by atoms with Crippen molar-refractivity contribution in [2.45, 2.75) is 26.4 Å². The summed E-state index contributed by atoms with van der Waals surface area (Å²) in [6, 6.07) is 26.4. The van der Waals surface area contributed by atoms with Gasteiger partial charge in [-0.3, -0.25) is 19.2 Å². The van der Waals surface area contributed by atoms with Crippen LogP contribution in [-0.2, 0) is 14.3 Å². The number of nitrogens with zero attached hydrogens (tertiary/aromatic N) is 3. The fourth-order valence-corrected chi connectivity index (χ4v) is 6.76. The van der Waals surface area contributed by atoms with Crippen molar-refractivity contribution in [1.29, 1.82) is 0 Å². The second kappa shape index (κ2) is 16.5. The second-order valence-electron chi connectivity index (χ2n) is 14.8. The Balaban J connectivity index is 0.000000184. The van der Waals surface area contributed by atoms with Crippen molar-refractivity contribution in [3.63, 3.8) is 0 Å². The highest BCUT2D eigenvalue weighted by atomic mass is 16.6. The number of ether oxygens (including phenoxy) is 1. The number of carbonyl (C=O) groups is 5. The summed E-state index contributed by atoms with van der Waals surface area (Å²) >= 11 is 0. The molecular weight excluding hydrogens is 753 g/mol. The number of aromatic nitrogens is 2. The van der Waals surface area contributed by atoms with Crippen LogP contribution in [0.25, 0.3) is 44.3 Å². The first-order chi connectivity index (χ1) is 28.3. The molecule has 0 unspecified atom stereocenters. The van der Waals surface area contributed by atoms with E-state index in [4.69, 9.17) is 4.74 Å². The summed E-state index contributed by atoms with van der Waals surface area (Å²) in [7, 11) is 3.18. The van der Waals surface area contributed by atoms with Gasteiger partial charge in [-0.25, -0.2) is 15.6 Å². The van der Waals surface area contributed by atoms with E-state index in [-0.39, 0.29) is 30.8 Å². The van der Waals surface area contributed by atoms with Crippen molar-refractivity contribution >= 4 is 75.3 Å². The molecule has 16 nitrogen and oxygen atoms in total. The van der Waals surface area contributed by atoms with Gasteiger partial charge in [-0.05, 0) is 63.2 Å². The van der Waals surface area contributed by atoms with E-state index in [1.807, 2.05) is 66.7 Å². The summed E-state index contributed by atoms with van der Waals surface area (Å²) in [5.74, 6) is -1.29. The SMILES string of the molecule is CN(CC(=O)Nc1cc2c3c(c(-c4ccccc4)[nH]c3c1)C=NNC2=O)C(=O)OC(C)(C)C.CNCC(=O)Nc1cc2c3c(c(-c4ccccc4)[nH]c3c1)C=NNC2=O. The van der Waals surface area contributed by atoms with Crippen LogP contribution in [0.15, 0.2) is 95.1 Å². The fraction of sp³-hybridized carbons (Fsp3) is 0.186. The van der Waals surface area contributed by atoms with Crippen LogP contribution >= 0.6 is 0 Å². The molecule has 2 aromatic heterocycles. The third-order valence-electron chi connectivity index (χ3n) is 9.20. The van der Waals surface area contributed by atoms with Gasteiger partial charge in [-0.2, -0.15) is 10.2 Å². The average molecular weight is 795 g/mol. The molecule has 5 amide bonds. The van der Waals surface area contributed by atoms with E-state index in [0.717, 1.165) is 49.9 Å². The predicted octanol–water partition coefficient (Wildman–Crippen LogP) is 5.79. The smallest absolute Gasteiger partial charge is 0.410 e. The molecule has 0 aliphatic carbocycles. The molecule has 0 atom stereocenters. The van der Waals surface area contributed by atoms with Crippen LogP contribution in [0.3, 0.4) is 0 Å². The summed E-state index contributed by atoms with van der Waals surface area (Å²) in [6.45, 7) is 5.25. The van der Waals surface area contributed by atoms with Crippen molar-refractivity contribution in [1.82, 2.24) is 31.0 Å². The van der Waals surface area contributed by atoms with E-state index in [9.17, 15) is 24.0 Å². The first-order valence-corrected chi connectivity index (χ1v) is 18.6. The molecule has 2 aliphatic heterocycles. The van der Waals surface area contributed by atoms with Gasteiger partial charge in [0.05, 0.1) is 41.5 Å². The standard InChI is InChI=1S/C24H25N5O4.C19H17N5O2/c1-24(2,3)33-23(32)29(4)13-19(30)26-15-10-16-20-17(12-25-28-22(16)31)21(27-18(20)11-15)14-8-6-5-7-9-14;1-20-10-16(25)22-12-7-13-17-14(9-21-24-19(13)26)18(23-15(17)8-12)11-5-3-2-4-6-11/h5-12,27H,13H2,1-4H3,(H,26,30)(H,28,31);2-9,20,23H,10H2,1H3,(H,22,25)(H,24,26). The van der Waals surface area contributed by atoms with Crippen molar-refractivity contribution in [3.8, 4) is 22.5 Å². The third kappa shape index (κ3) is 8.72. The van der Waals surface area contributed by atoms with Crippen molar-refractivity contribution < 1.29 is 28.7 Å². The number of rotatable bonds is 8. The van der Waals surface area contributed by atoms with E-state index in [0.29, 0.717) is 28.0 Å². The Labute approximate surface area is 338 Å². The topological polar surface area (TPSA) is 214 Å². The number of hydrazone groups is 2. The molecule has 4 heterocycles. The number of hydrogen-bond acceptors (Lipinski definition) is 9. The number of nitrogens with one attached hydrogen (secondary N) is 7. The van der Waals surface area contributed by atoms with Gasteiger partial charge in [-0.15, -0.1) is 0 Å². The third-order valence-corrected chi connectivity index (χ3v) is 9.20. The number of anilines is 2. The van der Waals surface area contributed by atoms with Crippen molar-refractivity contribution in [2.24, 2.45) is 10.2 Å². The molecule has 6 aromatic rings. The maximum Gasteiger partial charge on any atom is 0.410 e. The van der Waals surface area contributed by atoms with Crippen LogP contribution in [0.1, 0.15) is 52.6 Å². The average Bonchev–Trinajstić information content (AvgIpc) is 3.63. The molecule has 0 radical (unpaired) electrons. The van der Waals surface area contributed by atoms with Gasteiger partial charge in [0, 0.05) is 51.4 Å². The first kappa shape index (κ1) is 39.6. The van der Waals surface area contributed by atoms with E-state index < -0.39 is 17.6 Å². The van der Waals surface area contributed by atoms with E-state index in [1.54, 1.807) is 58.4 Å². The van der Waals surface area contributed by atoms with Gasteiger partial charge in [0.15, 0.2) is 0 Å². The highest BCUT2D eigenvalue weighted by molar-refractivity contribution is 6.19. The molecule has 16 heteroatoms. The lowest BCUT2D eigenvalue weighted by atomic mass is 10.0. The van der Waals surface area contributed by atoms with Crippen LogP contribution in [0.2, 0.25) is 0 Å². The number of amides is 5. The minimum absolute atomic E-state index is 0.181. The van der Waals surface area contributed by atoms with Crippen LogP contribution in [-0.4, -0.2) is 89.8 Å². The van der Waals surface area contributed by atoms with Crippen molar-refractivity contribution in [3.05, 3.63) is 107 Å². The molecule has 0 fully saturated rings. The number of hydrogen-bond donors (Lipinski definition) is 7. The molecule has 4 aromatic carbocycles. The minimum atomic E-state index is -0.661. The second-order valence-corrected chi connectivity index (χ2v) is 14.8. The van der Waals surface area contributed by atoms with Crippen LogP contribution in [0.5, 0.6) is 0 Å². The van der Waals surface area contributed by atoms with E-state index in [1.165, 1.54) is 11.9 Å². The maximum atomic E-state index is 12.7. The summed E-state index contributed by atoms with van der Waals surface area (Å²) in [4.78, 5) is 69.6. The number of benzene rings is 4. The van der Waals surface area contributed by atoms with E-state index in [2.05, 4.69) is 47.0 Å². The lowest BCUT2D eigenvalue weighted by Crippen LogP contribution is -2.38. The highest BCUT2D eigenvalue weighted by Gasteiger charge is 2.25. The maximum absolute atomic E-state index is 12.7. The van der Waals surface area contributed by atoms with E-state index >= 15 is 0 Å². The van der Waals surface area contributed by atoms with Crippen molar-refractivity contribution in [2.75, 3.05) is 37.8 Å². The molecule has 0 bridgehead atoms. The first-order valence-electron chi connectivity index (χ1n) is 18.6. The Bertz CT molecular complexity index is 2680. The minimum Gasteiger partial charge on any atom is -0.444 e. The number of aromatic amines is 2. The molecule has 7 N–H and O–H groups in total. The quantitative estimate of drug-likeness (QED) is 0.101. The van der Waals surface area contributed by atoms with Gasteiger partial charge in [-0.1, -0.05) is 60.7 Å². The predicted molar refractivity (Wildman–Crippen MR) is 228 cm³/mol. The van der Waals surface area contributed by atoms with Gasteiger partial charge in [0.1, 0.15) is 12.1 Å². The zero-order valence-corrected chi connectivity index (χ0v) is 32.9. The lowest BCUT2D eigenvalue weighted by molar-refractivity contribution is -0.117. The highest BCUT2D eigenvalue weighted by Crippen LogP contribution is 2.36. The van der Waals surface area contributed by atoms with Crippen LogP contribution in [0.4, 0.5) is 16.2 Å². The molecular formula is C43H42N10O6. The van der Waals surface area contributed by atoms with Crippen LogP contribution < -0.4 is 26.8 Å². The monoisotopic (exact) mass is 794 g/mol. The van der Waals surface area contributed by atoms with Gasteiger partial charge < -0.3 is 35.6 Å². The Morgan fingerprint density at radius 2 is 1.15 bits per heavy atom. The summed E-state index contributed by atoms with van der Waals surface area (Å²) in [5.41, 5.74) is 12.9. The summed E-state index contributed by atoms with van der Waals surface area (Å²) < 4.78 is 5.27. The Morgan fingerprint density at radius 1 is 0.695 bits per heavy atom. The molecule has 8 rings (SSSR count). The Kier molecular flexibility index (Phi) is 11.1.